The molecular weight excluding hydrogens is 278 g/mol. The zero-order valence-electron chi connectivity index (χ0n) is 10.4. The molecule has 0 aliphatic rings. The largest absolute Gasteiger partial charge is 0.347 e. The minimum atomic E-state index is -0.198. The number of nitrogens with one attached hydrogen (secondary N) is 2. The highest BCUT2D eigenvalue weighted by Gasteiger charge is 2.09. The summed E-state index contributed by atoms with van der Waals surface area (Å²) < 4.78 is 0. The van der Waals surface area contributed by atoms with Crippen molar-refractivity contribution >= 4 is 17.2 Å². The smallest absolute Gasteiger partial charge is 0.244 e. The Balaban J connectivity index is 1.56. The number of tetrazole rings is 1. The van der Waals surface area contributed by atoms with E-state index in [4.69, 9.17) is 0 Å². The molecule has 20 heavy (non-hydrogen) atoms. The molecule has 0 atom stereocenters. The second-order valence-electron chi connectivity index (χ2n) is 3.97. The van der Waals surface area contributed by atoms with Crippen LogP contribution in [0.1, 0.15) is 5.82 Å². The number of hydrogen-bond donors (Lipinski definition) is 2. The molecule has 0 aliphatic heterocycles. The van der Waals surface area contributed by atoms with Crippen molar-refractivity contribution in [2.45, 2.75) is 13.1 Å². The summed E-state index contributed by atoms with van der Waals surface area (Å²) in [5, 5.41) is 18.5. The van der Waals surface area contributed by atoms with Gasteiger partial charge in [-0.25, -0.2) is 4.98 Å². The van der Waals surface area contributed by atoms with E-state index in [1.807, 2.05) is 16.8 Å². The van der Waals surface area contributed by atoms with E-state index in [1.165, 1.54) is 4.80 Å². The summed E-state index contributed by atoms with van der Waals surface area (Å²) in [6.45, 7) is 0.371. The molecule has 0 radical (unpaired) electrons. The highest BCUT2D eigenvalue weighted by atomic mass is 32.1. The summed E-state index contributed by atoms with van der Waals surface area (Å²) in [7, 11) is 0. The van der Waals surface area contributed by atoms with Gasteiger partial charge in [0.1, 0.15) is 12.4 Å². The summed E-state index contributed by atoms with van der Waals surface area (Å²) in [5.41, 5.74) is 0.900. The summed E-state index contributed by atoms with van der Waals surface area (Å²) in [6, 6.07) is 1.91. The zero-order valence-corrected chi connectivity index (χ0v) is 11.2. The van der Waals surface area contributed by atoms with Crippen LogP contribution in [0.25, 0.3) is 11.4 Å². The maximum atomic E-state index is 11.7. The van der Waals surface area contributed by atoms with Crippen LogP contribution in [0.4, 0.5) is 0 Å². The fourth-order valence-corrected chi connectivity index (χ4v) is 2.21. The van der Waals surface area contributed by atoms with Gasteiger partial charge < -0.3 is 10.3 Å². The number of aromatic nitrogens is 6. The number of rotatable bonds is 5. The molecule has 3 aromatic rings. The molecule has 9 heteroatoms. The van der Waals surface area contributed by atoms with Crippen LogP contribution in [-0.2, 0) is 17.9 Å². The van der Waals surface area contributed by atoms with E-state index in [-0.39, 0.29) is 12.5 Å². The van der Waals surface area contributed by atoms with Crippen LogP contribution in [-0.4, -0.2) is 36.1 Å². The van der Waals surface area contributed by atoms with Gasteiger partial charge in [0, 0.05) is 23.3 Å². The number of H-pyrrole nitrogens is 1. The number of amides is 1. The van der Waals surface area contributed by atoms with Crippen LogP contribution in [0.2, 0.25) is 0 Å². The molecule has 0 spiro atoms. The third-order valence-corrected chi connectivity index (χ3v) is 3.21. The lowest BCUT2D eigenvalue weighted by Crippen LogP contribution is -2.28. The van der Waals surface area contributed by atoms with E-state index in [2.05, 4.69) is 30.7 Å². The molecule has 3 aromatic heterocycles. The van der Waals surface area contributed by atoms with Gasteiger partial charge in [-0.05, 0) is 16.7 Å². The average molecular weight is 289 g/mol. The SMILES string of the molecule is O=C(Cn1nnc(-c2ccsc2)n1)NCc1ncc[nH]1. The second-order valence-corrected chi connectivity index (χ2v) is 4.75. The maximum absolute atomic E-state index is 11.7. The number of hydrogen-bond acceptors (Lipinski definition) is 6. The fraction of sp³-hybridized carbons (Fsp3) is 0.182. The molecule has 1 amide bonds. The lowest BCUT2D eigenvalue weighted by atomic mass is 10.3. The molecule has 0 unspecified atom stereocenters. The Bertz CT molecular complexity index is 674. The number of carbonyl (C=O) groups is 1. The van der Waals surface area contributed by atoms with Crippen LogP contribution in [0, 0.1) is 0 Å². The van der Waals surface area contributed by atoms with Crippen molar-refractivity contribution < 1.29 is 4.79 Å². The number of carbonyl (C=O) groups excluding carboxylic acids is 1. The monoisotopic (exact) mass is 289 g/mol. The summed E-state index contributed by atoms with van der Waals surface area (Å²) in [6.07, 6.45) is 3.33. The van der Waals surface area contributed by atoms with Crippen molar-refractivity contribution in [2.24, 2.45) is 0 Å². The average Bonchev–Trinajstić information content (AvgIpc) is 3.18. The van der Waals surface area contributed by atoms with Crippen molar-refractivity contribution in [2.75, 3.05) is 0 Å². The summed E-state index contributed by atoms with van der Waals surface area (Å²) >= 11 is 1.56. The molecule has 2 N–H and O–H groups in total. The van der Waals surface area contributed by atoms with Gasteiger partial charge in [-0.1, -0.05) is 0 Å². The number of thiophene rings is 1. The van der Waals surface area contributed by atoms with Gasteiger partial charge in [0.15, 0.2) is 0 Å². The predicted octanol–water partition coefficient (Wildman–Crippen LogP) is 0.441. The van der Waals surface area contributed by atoms with Gasteiger partial charge in [-0.2, -0.15) is 16.1 Å². The third kappa shape index (κ3) is 2.88. The molecule has 0 bridgehead atoms. The van der Waals surface area contributed by atoms with E-state index in [0.717, 1.165) is 5.56 Å². The first kappa shape index (κ1) is 12.5. The number of nitrogens with zero attached hydrogens (tertiary/aromatic N) is 5. The first-order valence-electron chi connectivity index (χ1n) is 5.86. The number of imidazole rings is 1. The molecule has 8 nitrogen and oxygen atoms in total. The first-order chi connectivity index (χ1) is 9.81. The van der Waals surface area contributed by atoms with Crippen LogP contribution >= 0.6 is 11.3 Å². The molecule has 3 heterocycles. The molecule has 0 fully saturated rings. The highest BCUT2D eigenvalue weighted by molar-refractivity contribution is 7.08. The zero-order chi connectivity index (χ0) is 13.8. The van der Waals surface area contributed by atoms with E-state index >= 15 is 0 Å². The van der Waals surface area contributed by atoms with Gasteiger partial charge in [0.25, 0.3) is 0 Å². The summed E-state index contributed by atoms with van der Waals surface area (Å²) in [5.74, 6) is 1.02. The summed E-state index contributed by atoms with van der Waals surface area (Å²) in [4.78, 5) is 19.9. The van der Waals surface area contributed by atoms with Crippen LogP contribution in [0.5, 0.6) is 0 Å². The Hall–Kier alpha value is -2.55. The Morgan fingerprint density at radius 3 is 3.20 bits per heavy atom. The Labute approximate surface area is 117 Å². The van der Waals surface area contributed by atoms with Crippen molar-refractivity contribution in [3.63, 3.8) is 0 Å². The van der Waals surface area contributed by atoms with E-state index < -0.39 is 0 Å². The standard InChI is InChI=1S/C11H11N7OS/c19-10(14-5-9-12-2-3-13-9)6-18-16-11(15-17-18)8-1-4-20-7-8/h1-4,7H,5-6H2,(H,12,13)(H,14,19). The van der Waals surface area contributed by atoms with Crippen molar-refractivity contribution in [3.8, 4) is 11.4 Å². The quantitative estimate of drug-likeness (QED) is 0.709. The second kappa shape index (κ2) is 5.61. The van der Waals surface area contributed by atoms with Gasteiger partial charge in [0.2, 0.25) is 11.7 Å². The molecule has 3 rings (SSSR count). The van der Waals surface area contributed by atoms with E-state index in [9.17, 15) is 4.79 Å². The predicted molar refractivity (Wildman–Crippen MR) is 71.6 cm³/mol. The molecule has 102 valence electrons. The Morgan fingerprint density at radius 2 is 2.45 bits per heavy atom. The molecule has 0 aliphatic carbocycles. The van der Waals surface area contributed by atoms with E-state index in [0.29, 0.717) is 18.2 Å². The highest BCUT2D eigenvalue weighted by Crippen LogP contribution is 2.16. The van der Waals surface area contributed by atoms with Crippen LogP contribution in [0.15, 0.2) is 29.2 Å². The fourth-order valence-electron chi connectivity index (χ4n) is 1.58. The van der Waals surface area contributed by atoms with Crippen molar-refractivity contribution in [1.29, 1.82) is 0 Å². The van der Waals surface area contributed by atoms with Gasteiger partial charge in [-0.15, -0.1) is 10.2 Å². The van der Waals surface area contributed by atoms with Gasteiger partial charge in [0.05, 0.1) is 6.54 Å². The lowest BCUT2D eigenvalue weighted by Gasteiger charge is -2.01. The maximum Gasteiger partial charge on any atom is 0.244 e. The minimum absolute atomic E-state index is 0.0256. The Kier molecular flexibility index (Phi) is 3.50. The molecular formula is C11H11N7OS. The Morgan fingerprint density at radius 1 is 1.50 bits per heavy atom. The molecule has 0 aromatic carbocycles. The number of aromatic amines is 1. The van der Waals surface area contributed by atoms with Crippen LogP contribution in [0.3, 0.4) is 0 Å². The molecule has 0 saturated carbocycles. The topological polar surface area (TPSA) is 101 Å². The lowest BCUT2D eigenvalue weighted by molar-refractivity contribution is -0.122. The minimum Gasteiger partial charge on any atom is -0.347 e. The van der Waals surface area contributed by atoms with Gasteiger partial charge in [-0.3, -0.25) is 4.79 Å². The first-order valence-corrected chi connectivity index (χ1v) is 6.81. The van der Waals surface area contributed by atoms with E-state index in [1.54, 1.807) is 23.7 Å². The van der Waals surface area contributed by atoms with Crippen molar-refractivity contribution in [3.05, 3.63) is 35.0 Å². The normalized spacial score (nSPS) is 10.6. The van der Waals surface area contributed by atoms with Crippen LogP contribution < -0.4 is 5.32 Å². The molecule has 0 saturated heterocycles. The van der Waals surface area contributed by atoms with Crippen molar-refractivity contribution in [1.82, 2.24) is 35.5 Å². The van der Waals surface area contributed by atoms with Gasteiger partial charge >= 0.3 is 0 Å². The third-order valence-electron chi connectivity index (χ3n) is 2.53.